The molecule has 2 aromatic rings. The molecular weight excluding hydrogens is 236 g/mol. The predicted molar refractivity (Wildman–Crippen MR) is 77.0 cm³/mol. The summed E-state index contributed by atoms with van der Waals surface area (Å²) in [5, 5.41) is 10.8. The van der Waals surface area contributed by atoms with Crippen LogP contribution in [0.3, 0.4) is 0 Å². The van der Waals surface area contributed by atoms with Gasteiger partial charge in [-0.15, -0.1) is 0 Å². The van der Waals surface area contributed by atoms with Crippen LogP contribution in [-0.4, -0.2) is 14.7 Å². The van der Waals surface area contributed by atoms with E-state index in [1.165, 1.54) is 0 Å². The summed E-state index contributed by atoms with van der Waals surface area (Å²) in [6.07, 6.45) is 5.38. The smallest absolute Gasteiger partial charge is 0.111 e. The van der Waals surface area contributed by atoms with Crippen LogP contribution in [0.2, 0.25) is 0 Å². The van der Waals surface area contributed by atoms with Crippen molar-refractivity contribution >= 4 is 0 Å². The van der Waals surface area contributed by atoms with Crippen molar-refractivity contribution in [3.63, 3.8) is 0 Å². The zero-order valence-electron chi connectivity index (χ0n) is 11.9. The summed E-state index contributed by atoms with van der Waals surface area (Å²) >= 11 is 0. The maximum atomic E-state index is 10.8. The number of aromatic nitrogens is 2. The Morgan fingerprint density at radius 3 is 2.74 bits per heavy atom. The molecule has 0 saturated heterocycles. The van der Waals surface area contributed by atoms with Crippen molar-refractivity contribution in [3.8, 4) is 0 Å². The van der Waals surface area contributed by atoms with Crippen molar-refractivity contribution in [1.82, 2.24) is 9.55 Å². The molecule has 19 heavy (non-hydrogen) atoms. The van der Waals surface area contributed by atoms with E-state index in [1.807, 2.05) is 44.3 Å². The zero-order chi connectivity index (χ0) is 13.9. The van der Waals surface area contributed by atoms with E-state index in [4.69, 9.17) is 0 Å². The molecule has 1 N–H and O–H groups in total. The van der Waals surface area contributed by atoms with Gasteiger partial charge in [0.15, 0.2) is 0 Å². The van der Waals surface area contributed by atoms with Gasteiger partial charge in [0.25, 0.3) is 0 Å². The maximum Gasteiger partial charge on any atom is 0.111 e. The lowest BCUT2D eigenvalue weighted by Gasteiger charge is -2.25. The fraction of sp³-hybridized carbons (Fsp3) is 0.438. The lowest BCUT2D eigenvalue weighted by molar-refractivity contribution is 0.0539. The topological polar surface area (TPSA) is 38.0 Å². The molecule has 1 atom stereocenters. The van der Waals surface area contributed by atoms with Gasteiger partial charge < -0.3 is 9.67 Å². The van der Waals surface area contributed by atoms with Crippen molar-refractivity contribution in [3.05, 3.63) is 53.6 Å². The highest BCUT2D eigenvalue weighted by molar-refractivity contribution is 5.31. The van der Waals surface area contributed by atoms with E-state index in [0.29, 0.717) is 6.42 Å². The molecule has 0 amide bonds. The van der Waals surface area contributed by atoms with Crippen molar-refractivity contribution in [1.29, 1.82) is 0 Å². The van der Waals surface area contributed by atoms with E-state index >= 15 is 0 Å². The zero-order valence-corrected chi connectivity index (χ0v) is 11.9. The van der Waals surface area contributed by atoms with Gasteiger partial charge >= 0.3 is 0 Å². The average molecular weight is 258 g/mol. The normalized spacial score (nSPS) is 14.3. The highest BCUT2D eigenvalue weighted by Gasteiger charge is 2.26. The van der Waals surface area contributed by atoms with Gasteiger partial charge in [-0.1, -0.05) is 31.2 Å². The number of aryl methyl sites for hydroxylation is 2. The summed E-state index contributed by atoms with van der Waals surface area (Å²) in [7, 11) is 0. The average Bonchev–Trinajstić information content (AvgIpc) is 2.77. The summed E-state index contributed by atoms with van der Waals surface area (Å²) in [5.74, 6) is 0.940. The van der Waals surface area contributed by atoms with Crippen molar-refractivity contribution in [2.24, 2.45) is 0 Å². The lowest BCUT2D eigenvalue weighted by atomic mass is 9.89. The van der Waals surface area contributed by atoms with Gasteiger partial charge in [-0.3, -0.25) is 0 Å². The van der Waals surface area contributed by atoms with Gasteiger partial charge in [0, 0.05) is 25.4 Å². The predicted octanol–water partition coefficient (Wildman–Crippen LogP) is 3.05. The van der Waals surface area contributed by atoms with Crippen LogP contribution in [0.25, 0.3) is 0 Å². The standard InChI is InChI=1S/C16H22N2O/c1-4-10-18-11-9-17-15(18)12-16(3,19)14-8-6-5-7-13(14)2/h5-9,11,19H,4,10,12H2,1-3H3. The number of nitrogens with zero attached hydrogens (tertiary/aromatic N) is 2. The van der Waals surface area contributed by atoms with Crippen molar-refractivity contribution in [2.75, 3.05) is 0 Å². The summed E-state index contributed by atoms with van der Waals surface area (Å²) in [4.78, 5) is 4.38. The maximum absolute atomic E-state index is 10.8. The second-order valence-corrected chi connectivity index (χ2v) is 5.30. The minimum absolute atomic E-state index is 0.533. The molecule has 0 aliphatic heterocycles. The Kier molecular flexibility index (Phi) is 4.05. The largest absolute Gasteiger partial charge is 0.385 e. The van der Waals surface area contributed by atoms with Gasteiger partial charge in [0.1, 0.15) is 5.82 Å². The molecule has 0 saturated carbocycles. The van der Waals surface area contributed by atoms with E-state index in [9.17, 15) is 5.11 Å². The Morgan fingerprint density at radius 2 is 2.05 bits per heavy atom. The molecule has 0 spiro atoms. The van der Waals surface area contributed by atoms with Gasteiger partial charge in [-0.05, 0) is 31.4 Å². The first kappa shape index (κ1) is 13.8. The van der Waals surface area contributed by atoms with Gasteiger partial charge in [0.2, 0.25) is 0 Å². The van der Waals surface area contributed by atoms with Gasteiger partial charge in [-0.25, -0.2) is 4.98 Å². The van der Waals surface area contributed by atoms with Crippen LogP contribution >= 0.6 is 0 Å². The molecule has 2 rings (SSSR count). The first-order valence-corrected chi connectivity index (χ1v) is 6.83. The molecule has 0 aliphatic rings. The Balaban J connectivity index is 2.26. The van der Waals surface area contributed by atoms with E-state index in [2.05, 4.69) is 16.5 Å². The molecular formula is C16H22N2O. The van der Waals surface area contributed by atoms with Crippen molar-refractivity contribution < 1.29 is 5.11 Å². The third-order valence-electron chi connectivity index (χ3n) is 3.49. The molecule has 0 aliphatic carbocycles. The van der Waals surface area contributed by atoms with E-state index in [1.54, 1.807) is 6.20 Å². The number of hydrogen-bond donors (Lipinski definition) is 1. The summed E-state index contributed by atoms with van der Waals surface area (Å²) in [6.45, 7) is 6.98. The van der Waals surface area contributed by atoms with Gasteiger partial charge in [-0.2, -0.15) is 0 Å². The van der Waals surface area contributed by atoms with Gasteiger partial charge in [0.05, 0.1) is 5.60 Å². The van der Waals surface area contributed by atoms with Crippen LogP contribution in [0.1, 0.15) is 37.2 Å². The second kappa shape index (κ2) is 5.57. The van der Waals surface area contributed by atoms with Crippen molar-refractivity contribution in [2.45, 2.75) is 45.8 Å². The molecule has 0 fully saturated rings. The number of hydrogen-bond acceptors (Lipinski definition) is 2. The highest BCUT2D eigenvalue weighted by Crippen LogP contribution is 2.27. The van der Waals surface area contributed by atoms with Crippen LogP contribution in [0.4, 0.5) is 0 Å². The molecule has 3 heteroatoms. The molecule has 0 radical (unpaired) electrons. The Labute approximate surface area is 114 Å². The number of imidazole rings is 1. The Morgan fingerprint density at radius 1 is 1.32 bits per heavy atom. The third kappa shape index (κ3) is 3.04. The van der Waals surface area contributed by atoms with Crippen LogP contribution in [0, 0.1) is 6.92 Å². The van der Waals surface area contributed by atoms with E-state index in [0.717, 1.165) is 29.9 Å². The van der Waals surface area contributed by atoms with E-state index < -0.39 is 5.60 Å². The Bertz CT molecular complexity index is 543. The van der Waals surface area contributed by atoms with Crippen LogP contribution in [0.5, 0.6) is 0 Å². The molecule has 1 aromatic heterocycles. The van der Waals surface area contributed by atoms with Crippen LogP contribution < -0.4 is 0 Å². The molecule has 102 valence electrons. The first-order valence-electron chi connectivity index (χ1n) is 6.83. The van der Waals surface area contributed by atoms with E-state index in [-0.39, 0.29) is 0 Å². The third-order valence-corrected chi connectivity index (χ3v) is 3.49. The van der Waals surface area contributed by atoms with Crippen LogP contribution in [0.15, 0.2) is 36.7 Å². The highest BCUT2D eigenvalue weighted by atomic mass is 16.3. The molecule has 1 unspecified atom stereocenters. The lowest BCUT2D eigenvalue weighted by Crippen LogP contribution is -2.27. The number of rotatable bonds is 5. The number of aliphatic hydroxyl groups is 1. The second-order valence-electron chi connectivity index (χ2n) is 5.30. The SMILES string of the molecule is CCCn1ccnc1CC(C)(O)c1ccccc1C. The molecule has 0 bridgehead atoms. The minimum Gasteiger partial charge on any atom is -0.385 e. The molecule has 1 heterocycles. The number of benzene rings is 1. The fourth-order valence-electron chi connectivity index (χ4n) is 2.53. The quantitative estimate of drug-likeness (QED) is 0.895. The summed E-state index contributed by atoms with van der Waals surface area (Å²) in [5.41, 5.74) is 1.20. The molecule has 1 aromatic carbocycles. The van der Waals surface area contributed by atoms with Crippen LogP contribution in [-0.2, 0) is 18.6 Å². The fourth-order valence-corrected chi connectivity index (χ4v) is 2.53. The monoisotopic (exact) mass is 258 g/mol. The summed E-state index contributed by atoms with van der Waals surface area (Å²) in [6, 6.07) is 7.98. The summed E-state index contributed by atoms with van der Waals surface area (Å²) < 4.78 is 2.12. The first-order chi connectivity index (χ1) is 9.04. The minimum atomic E-state index is -0.887. The molecule has 3 nitrogen and oxygen atoms in total. The Hall–Kier alpha value is -1.61.